The van der Waals surface area contributed by atoms with E-state index in [1.54, 1.807) is 6.92 Å². The summed E-state index contributed by atoms with van der Waals surface area (Å²) in [7, 11) is -2.34. The van der Waals surface area contributed by atoms with E-state index in [0.717, 1.165) is 0 Å². The summed E-state index contributed by atoms with van der Waals surface area (Å²) in [5.74, 6) is 0.543. The van der Waals surface area contributed by atoms with Gasteiger partial charge in [-0.05, 0) is 31.2 Å². The van der Waals surface area contributed by atoms with Crippen molar-refractivity contribution in [3.63, 3.8) is 0 Å². The number of rotatable bonds is 4. The van der Waals surface area contributed by atoms with Crippen LogP contribution in [0.5, 0.6) is 5.75 Å². The molecular formula is C10H14N2O4S. The number of ether oxygens (including phenoxy) is 1. The van der Waals surface area contributed by atoms with Crippen LogP contribution in [0.25, 0.3) is 0 Å². The summed E-state index contributed by atoms with van der Waals surface area (Å²) in [5, 5.41) is 2.34. The zero-order valence-electron chi connectivity index (χ0n) is 9.56. The molecule has 0 radical (unpaired) electrons. The Morgan fingerprint density at radius 3 is 2.35 bits per heavy atom. The molecule has 17 heavy (non-hydrogen) atoms. The van der Waals surface area contributed by atoms with Crippen LogP contribution in [0.1, 0.15) is 6.92 Å². The van der Waals surface area contributed by atoms with Gasteiger partial charge in [0.15, 0.2) is 0 Å². The molecule has 0 aliphatic heterocycles. The predicted octanol–water partition coefficient (Wildman–Crippen LogP) is 0.703. The summed E-state index contributed by atoms with van der Waals surface area (Å²) in [6.45, 7) is 2.05. The molecule has 0 saturated carbocycles. The zero-order valence-corrected chi connectivity index (χ0v) is 10.4. The van der Waals surface area contributed by atoms with Gasteiger partial charge < -0.3 is 10.1 Å². The summed E-state index contributed by atoms with van der Waals surface area (Å²) in [4.78, 5) is 11.1. The molecule has 7 heteroatoms. The average molecular weight is 258 g/mol. The normalized spacial score (nSPS) is 10.7. The second-order valence-electron chi connectivity index (χ2n) is 3.14. The van der Waals surface area contributed by atoms with Crippen molar-refractivity contribution in [3.05, 3.63) is 24.3 Å². The van der Waals surface area contributed by atoms with Crippen LogP contribution >= 0.6 is 0 Å². The van der Waals surface area contributed by atoms with E-state index < -0.39 is 16.1 Å². The third-order valence-corrected chi connectivity index (χ3v) is 3.28. The van der Waals surface area contributed by atoms with Crippen molar-refractivity contribution in [3.8, 4) is 5.75 Å². The molecule has 2 amide bonds. The third-order valence-electron chi connectivity index (χ3n) is 1.93. The minimum absolute atomic E-state index is 0.00422. The molecule has 0 aliphatic carbocycles. The quantitative estimate of drug-likeness (QED) is 0.832. The highest BCUT2D eigenvalue weighted by atomic mass is 32.2. The third kappa shape index (κ3) is 3.63. The van der Waals surface area contributed by atoms with Crippen LogP contribution in [0.2, 0.25) is 0 Å². The predicted molar refractivity (Wildman–Crippen MR) is 62.4 cm³/mol. The molecule has 1 aromatic rings. The lowest BCUT2D eigenvalue weighted by Gasteiger charge is -2.07. The molecule has 0 heterocycles. The van der Waals surface area contributed by atoms with Crippen molar-refractivity contribution < 1.29 is 17.9 Å². The summed E-state index contributed by atoms with van der Waals surface area (Å²) >= 11 is 0. The number of nitrogens with one attached hydrogen (secondary N) is 2. The Kier molecular flexibility index (Phi) is 4.33. The highest BCUT2D eigenvalue weighted by Gasteiger charge is 2.16. The van der Waals surface area contributed by atoms with E-state index in [9.17, 15) is 13.2 Å². The summed E-state index contributed by atoms with van der Waals surface area (Å²) in [5.41, 5.74) is 0. The second kappa shape index (κ2) is 5.53. The van der Waals surface area contributed by atoms with Crippen LogP contribution in [-0.2, 0) is 10.0 Å². The van der Waals surface area contributed by atoms with Gasteiger partial charge in [0, 0.05) is 6.54 Å². The summed E-state index contributed by atoms with van der Waals surface area (Å²) in [6, 6.07) is 4.99. The van der Waals surface area contributed by atoms with Crippen LogP contribution in [0.4, 0.5) is 4.79 Å². The van der Waals surface area contributed by atoms with E-state index in [4.69, 9.17) is 4.74 Å². The summed E-state index contributed by atoms with van der Waals surface area (Å²) in [6.07, 6.45) is 0. The fourth-order valence-electron chi connectivity index (χ4n) is 1.13. The maximum Gasteiger partial charge on any atom is 0.328 e. The van der Waals surface area contributed by atoms with Crippen molar-refractivity contribution >= 4 is 16.1 Å². The van der Waals surface area contributed by atoms with Gasteiger partial charge in [-0.25, -0.2) is 17.9 Å². The van der Waals surface area contributed by atoms with Crippen molar-refractivity contribution in [2.75, 3.05) is 13.7 Å². The fraction of sp³-hybridized carbons (Fsp3) is 0.300. The van der Waals surface area contributed by atoms with Gasteiger partial charge in [-0.15, -0.1) is 0 Å². The van der Waals surface area contributed by atoms with Gasteiger partial charge in [-0.3, -0.25) is 0 Å². The number of benzene rings is 1. The molecule has 0 fully saturated rings. The molecule has 94 valence electrons. The molecule has 0 unspecified atom stereocenters. The Hall–Kier alpha value is -1.76. The molecule has 0 aliphatic rings. The molecule has 2 N–H and O–H groups in total. The lowest BCUT2D eigenvalue weighted by molar-refractivity contribution is 0.246. The van der Waals surface area contributed by atoms with Crippen LogP contribution in [-0.4, -0.2) is 28.1 Å². The van der Waals surface area contributed by atoms with Gasteiger partial charge in [0.2, 0.25) is 0 Å². The number of urea groups is 1. The van der Waals surface area contributed by atoms with E-state index in [-0.39, 0.29) is 4.90 Å². The Bertz CT molecular complexity index is 482. The number of sulfonamides is 1. The van der Waals surface area contributed by atoms with Crippen molar-refractivity contribution in [2.24, 2.45) is 0 Å². The lowest BCUT2D eigenvalue weighted by atomic mass is 10.3. The van der Waals surface area contributed by atoms with Gasteiger partial charge in [0.25, 0.3) is 10.0 Å². The first kappa shape index (κ1) is 13.3. The van der Waals surface area contributed by atoms with Gasteiger partial charge in [0.1, 0.15) is 5.75 Å². The molecule has 0 bridgehead atoms. The van der Waals surface area contributed by atoms with Gasteiger partial charge >= 0.3 is 6.03 Å². The molecular weight excluding hydrogens is 244 g/mol. The van der Waals surface area contributed by atoms with Crippen molar-refractivity contribution in [1.82, 2.24) is 10.0 Å². The van der Waals surface area contributed by atoms with E-state index in [2.05, 4.69) is 5.32 Å². The fourth-order valence-corrected chi connectivity index (χ4v) is 2.06. The maximum absolute atomic E-state index is 11.7. The molecule has 0 aromatic heterocycles. The van der Waals surface area contributed by atoms with E-state index in [1.807, 2.05) is 4.72 Å². The first-order valence-electron chi connectivity index (χ1n) is 4.94. The molecule has 1 aromatic carbocycles. The van der Waals surface area contributed by atoms with Gasteiger partial charge in [-0.1, -0.05) is 0 Å². The van der Waals surface area contributed by atoms with Crippen LogP contribution in [0, 0.1) is 0 Å². The SMILES string of the molecule is CCNC(=O)NS(=O)(=O)c1ccc(OC)cc1. The number of carbonyl (C=O) groups excluding carboxylic acids is 1. The van der Waals surface area contributed by atoms with E-state index in [0.29, 0.717) is 12.3 Å². The highest BCUT2D eigenvalue weighted by molar-refractivity contribution is 7.90. The number of methoxy groups -OCH3 is 1. The molecule has 0 atom stereocenters. The van der Waals surface area contributed by atoms with Crippen molar-refractivity contribution in [1.29, 1.82) is 0 Å². The molecule has 1 rings (SSSR count). The smallest absolute Gasteiger partial charge is 0.328 e. The average Bonchev–Trinajstić information content (AvgIpc) is 2.28. The first-order chi connectivity index (χ1) is 7.99. The van der Waals surface area contributed by atoms with Crippen LogP contribution in [0.15, 0.2) is 29.2 Å². The van der Waals surface area contributed by atoms with Crippen molar-refractivity contribution in [2.45, 2.75) is 11.8 Å². The monoisotopic (exact) mass is 258 g/mol. The van der Waals surface area contributed by atoms with Crippen LogP contribution in [0.3, 0.4) is 0 Å². The number of amides is 2. The van der Waals surface area contributed by atoms with Crippen LogP contribution < -0.4 is 14.8 Å². The Balaban J connectivity index is 2.85. The Morgan fingerprint density at radius 1 is 1.29 bits per heavy atom. The Morgan fingerprint density at radius 2 is 1.88 bits per heavy atom. The molecule has 0 spiro atoms. The molecule has 6 nitrogen and oxygen atoms in total. The Labute approximate surface area is 100 Å². The van der Waals surface area contributed by atoms with E-state index >= 15 is 0 Å². The zero-order chi connectivity index (χ0) is 12.9. The largest absolute Gasteiger partial charge is 0.497 e. The first-order valence-corrected chi connectivity index (χ1v) is 6.42. The lowest BCUT2D eigenvalue weighted by Crippen LogP contribution is -2.39. The summed E-state index contributed by atoms with van der Waals surface area (Å²) < 4.78 is 30.2. The van der Waals surface area contributed by atoms with Gasteiger partial charge in [0.05, 0.1) is 12.0 Å². The standard InChI is InChI=1S/C10H14N2O4S/c1-3-11-10(13)12-17(14,15)9-6-4-8(16-2)5-7-9/h4-7H,3H2,1-2H3,(H2,11,12,13). The topological polar surface area (TPSA) is 84.5 Å². The number of hydrogen-bond acceptors (Lipinski definition) is 4. The maximum atomic E-state index is 11.7. The number of hydrogen-bond donors (Lipinski definition) is 2. The minimum Gasteiger partial charge on any atom is -0.497 e. The minimum atomic E-state index is -3.82. The molecule has 0 saturated heterocycles. The van der Waals surface area contributed by atoms with Gasteiger partial charge in [-0.2, -0.15) is 0 Å². The van der Waals surface area contributed by atoms with E-state index in [1.165, 1.54) is 31.4 Å². The number of carbonyl (C=O) groups is 1. The highest BCUT2D eigenvalue weighted by Crippen LogP contribution is 2.14. The second-order valence-corrected chi connectivity index (χ2v) is 4.82.